The quantitative estimate of drug-likeness (QED) is 0.316. The second-order valence-corrected chi connectivity index (χ2v) is 7.35. The van der Waals surface area contributed by atoms with Gasteiger partial charge in [0.1, 0.15) is 5.82 Å². The highest BCUT2D eigenvalue weighted by Crippen LogP contribution is 2.28. The first-order valence-electron chi connectivity index (χ1n) is 9.51. The van der Waals surface area contributed by atoms with Crippen molar-refractivity contribution in [2.45, 2.75) is 32.1 Å². The van der Waals surface area contributed by atoms with Crippen molar-refractivity contribution < 1.29 is 14.8 Å². The Labute approximate surface area is 174 Å². The average molecular weight is 415 g/mol. The lowest BCUT2D eigenvalue weighted by molar-refractivity contribution is -0.124. The number of carbonyl (C=O) groups excluding carboxylic acids is 2. The molecule has 1 aliphatic rings. The van der Waals surface area contributed by atoms with Crippen LogP contribution >= 0.6 is 11.6 Å². The zero-order chi connectivity index (χ0) is 20.6. The Bertz CT molecular complexity index is 911. The molecule has 3 rings (SSSR count). The van der Waals surface area contributed by atoms with E-state index in [4.69, 9.17) is 16.8 Å². The van der Waals surface area contributed by atoms with E-state index >= 15 is 0 Å². The van der Waals surface area contributed by atoms with Crippen LogP contribution in [0.15, 0.2) is 42.6 Å². The van der Waals surface area contributed by atoms with Gasteiger partial charge in [0.25, 0.3) is 5.91 Å². The number of carbonyl (C=O) groups is 2. The fourth-order valence-corrected chi connectivity index (χ4v) is 3.49. The van der Waals surface area contributed by atoms with Gasteiger partial charge in [0.15, 0.2) is 0 Å². The first-order valence-corrected chi connectivity index (χ1v) is 9.88. The van der Waals surface area contributed by atoms with Gasteiger partial charge in [-0.15, -0.1) is 0 Å². The van der Waals surface area contributed by atoms with Crippen molar-refractivity contribution >= 4 is 46.7 Å². The molecule has 1 fully saturated rings. The number of amides is 2. The Kier molecular flexibility index (Phi) is 7.21. The van der Waals surface area contributed by atoms with E-state index in [1.165, 1.54) is 24.1 Å². The number of benzene rings is 1. The van der Waals surface area contributed by atoms with Crippen molar-refractivity contribution in [3.8, 4) is 0 Å². The molecule has 7 nitrogen and oxygen atoms in total. The van der Waals surface area contributed by atoms with E-state index in [0.717, 1.165) is 37.1 Å². The van der Waals surface area contributed by atoms with E-state index in [1.54, 1.807) is 12.3 Å². The van der Waals surface area contributed by atoms with Gasteiger partial charge in [0, 0.05) is 29.6 Å². The highest BCUT2D eigenvalue weighted by atomic mass is 35.5. The fraction of sp³-hybridized carbons (Fsp3) is 0.286. The number of nitrogens with zero attached hydrogens (tertiary/aromatic N) is 1. The standard InChI is InChI=1S/C21H23ClN4O3/c22-18-11-14(9-10-19(27)26-29)13-23-20(18)24-16-7-4-8-17(12-16)25-21(28)15-5-2-1-3-6-15/h4,7-13,15,29H,1-3,5-6H2,(H,23,24)(H,25,28)(H,26,27). The number of anilines is 3. The Morgan fingerprint density at radius 3 is 2.62 bits per heavy atom. The SMILES string of the molecule is O=C(C=Cc1cnc(Nc2cccc(NC(=O)C3CCCCC3)c2)c(Cl)c1)NO. The molecule has 8 heteroatoms. The van der Waals surface area contributed by atoms with E-state index in [1.807, 2.05) is 24.3 Å². The third-order valence-electron chi connectivity index (χ3n) is 4.77. The largest absolute Gasteiger partial charge is 0.339 e. The molecule has 1 aromatic heterocycles. The molecule has 29 heavy (non-hydrogen) atoms. The first-order chi connectivity index (χ1) is 14.0. The maximum absolute atomic E-state index is 12.4. The molecule has 2 aromatic rings. The second kappa shape index (κ2) is 10.0. The highest BCUT2D eigenvalue weighted by molar-refractivity contribution is 6.33. The van der Waals surface area contributed by atoms with Gasteiger partial charge in [0.05, 0.1) is 5.02 Å². The lowest BCUT2D eigenvalue weighted by Gasteiger charge is -2.21. The predicted molar refractivity (Wildman–Crippen MR) is 113 cm³/mol. The molecule has 1 saturated carbocycles. The molecule has 0 saturated heterocycles. The molecule has 0 atom stereocenters. The third-order valence-corrected chi connectivity index (χ3v) is 5.06. The van der Waals surface area contributed by atoms with E-state index in [2.05, 4.69) is 15.6 Å². The number of hydroxylamine groups is 1. The minimum atomic E-state index is -0.643. The number of nitrogens with one attached hydrogen (secondary N) is 3. The maximum Gasteiger partial charge on any atom is 0.267 e. The van der Waals surface area contributed by atoms with Crippen molar-refractivity contribution in [1.29, 1.82) is 0 Å². The molecule has 0 radical (unpaired) electrons. The molecule has 1 aromatic carbocycles. The summed E-state index contributed by atoms with van der Waals surface area (Å²) in [7, 11) is 0. The Hall–Kier alpha value is -2.90. The first kappa shape index (κ1) is 20.8. The average Bonchev–Trinajstić information content (AvgIpc) is 2.74. The molecule has 1 aliphatic carbocycles. The minimum absolute atomic E-state index is 0.0704. The normalized spacial score (nSPS) is 14.6. The van der Waals surface area contributed by atoms with E-state index < -0.39 is 5.91 Å². The zero-order valence-electron chi connectivity index (χ0n) is 15.8. The summed E-state index contributed by atoms with van der Waals surface area (Å²) in [5.74, 6) is -0.0346. The number of hydrogen-bond acceptors (Lipinski definition) is 5. The molecule has 4 N–H and O–H groups in total. The van der Waals surface area contributed by atoms with Crippen LogP contribution in [0.2, 0.25) is 5.02 Å². The van der Waals surface area contributed by atoms with Crippen LogP contribution in [0.25, 0.3) is 6.08 Å². The highest BCUT2D eigenvalue weighted by Gasteiger charge is 2.21. The van der Waals surface area contributed by atoms with E-state index in [-0.39, 0.29) is 11.8 Å². The molecule has 152 valence electrons. The minimum Gasteiger partial charge on any atom is -0.339 e. The number of halogens is 1. The maximum atomic E-state index is 12.4. The van der Waals surface area contributed by atoms with E-state index in [9.17, 15) is 9.59 Å². The summed E-state index contributed by atoms with van der Waals surface area (Å²) >= 11 is 6.28. The molecule has 0 unspecified atom stereocenters. The van der Waals surface area contributed by atoms with Gasteiger partial charge in [-0.05, 0) is 48.7 Å². The van der Waals surface area contributed by atoms with Crippen molar-refractivity contribution in [1.82, 2.24) is 10.5 Å². The van der Waals surface area contributed by atoms with E-state index in [0.29, 0.717) is 16.4 Å². The molecular formula is C21H23ClN4O3. The van der Waals surface area contributed by atoms with Crippen molar-refractivity contribution in [2.75, 3.05) is 10.6 Å². The summed E-state index contributed by atoms with van der Waals surface area (Å²) < 4.78 is 0. The Morgan fingerprint density at radius 1 is 1.14 bits per heavy atom. The summed E-state index contributed by atoms with van der Waals surface area (Å²) in [5, 5.41) is 15.0. The monoisotopic (exact) mass is 414 g/mol. The number of pyridine rings is 1. The van der Waals surface area contributed by atoms with Gasteiger partial charge in [-0.3, -0.25) is 14.8 Å². The lowest BCUT2D eigenvalue weighted by atomic mass is 9.88. The number of aromatic nitrogens is 1. The van der Waals surface area contributed by atoms with Crippen LogP contribution in [-0.4, -0.2) is 22.0 Å². The number of rotatable bonds is 6. The van der Waals surface area contributed by atoms with Gasteiger partial charge in [-0.25, -0.2) is 10.5 Å². The topological polar surface area (TPSA) is 103 Å². The summed E-state index contributed by atoms with van der Waals surface area (Å²) in [4.78, 5) is 27.8. The van der Waals surface area contributed by atoms with Crippen LogP contribution in [0.1, 0.15) is 37.7 Å². The molecular weight excluding hydrogens is 392 g/mol. The van der Waals surface area contributed by atoms with Crippen molar-refractivity contribution in [2.24, 2.45) is 5.92 Å². The summed E-state index contributed by atoms with van der Waals surface area (Å²) in [5.41, 5.74) is 3.58. The summed E-state index contributed by atoms with van der Waals surface area (Å²) in [6.07, 6.45) is 9.52. The molecule has 2 amide bonds. The number of hydrogen-bond donors (Lipinski definition) is 4. The Balaban J connectivity index is 1.66. The van der Waals surface area contributed by atoms with Crippen LogP contribution in [-0.2, 0) is 9.59 Å². The second-order valence-electron chi connectivity index (χ2n) is 6.94. The van der Waals surface area contributed by atoms with Gasteiger partial charge in [0.2, 0.25) is 5.91 Å². The molecule has 0 spiro atoms. The molecule has 1 heterocycles. The van der Waals surface area contributed by atoms with Crippen LogP contribution in [0.4, 0.5) is 17.2 Å². The van der Waals surface area contributed by atoms with Crippen LogP contribution in [0, 0.1) is 5.92 Å². The summed E-state index contributed by atoms with van der Waals surface area (Å²) in [6.45, 7) is 0. The molecule has 0 aliphatic heterocycles. The Morgan fingerprint density at radius 2 is 1.90 bits per heavy atom. The lowest BCUT2D eigenvalue weighted by Crippen LogP contribution is -2.24. The van der Waals surface area contributed by atoms with Crippen LogP contribution in [0.3, 0.4) is 0 Å². The van der Waals surface area contributed by atoms with Crippen molar-refractivity contribution in [3.63, 3.8) is 0 Å². The van der Waals surface area contributed by atoms with Crippen molar-refractivity contribution in [3.05, 3.63) is 53.2 Å². The third kappa shape index (κ3) is 6.04. The van der Waals surface area contributed by atoms with Crippen LogP contribution in [0.5, 0.6) is 0 Å². The van der Waals surface area contributed by atoms with Gasteiger partial charge < -0.3 is 10.6 Å². The van der Waals surface area contributed by atoms with Crippen LogP contribution < -0.4 is 16.1 Å². The van der Waals surface area contributed by atoms with Gasteiger partial charge in [-0.1, -0.05) is 36.9 Å². The van der Waals surface area contributed by atoms with Gasteiger partial charge >= 0.3 is 0 Å². The van der Waals surface area contributed by atoms with Gasteiger partial charge in [-0.2, -0.15) is 0 Å². The zero-order valence-corrected chi connectivity index (χ0v) is 16.6. The smallest absolute Gasteiger partial charge is 0.267 e. The fourth-order valence-electron chi connectivity index (χ4n) is 3.27. The summed E-state index contributed by atoms with van der Waals surface area (Å²) in [6, 6.07) is 9.02. The molecule has 0 bridgehead atoms. The predicted octanol–water partition coefficient (Wildman–Crippen LogP) is 4.52.